The zero-order valence-corrected chi connectivity index (χ0v) is 17.2. The maximum atomic E-state index is 11.9. The van der Waals surface area contributed by atoms with Gasteiger partial charge in [-0.2, -0.15) is 11.3 Å². The number of nitrogens with zero attached hydrogens (tertiary/aromatic N) is 1. The fourth-order valence-corrected chi connectivity index (χ4v) is 4.68. The standard InChI is InChI=1S/C19H23N3O4S2/c1-12-4-2-3-5-15(12)21-19(25)22-16(23)9-26-17(24)8-14-11-28-18(20-14)13-6-7-27-10-13/h6-7,10-12,15H,2-5,8-9H2,1H3,(H2,21,22,23,25)/t12-,15-/m0/s1. The Labute approximate surface area is 171 Å². The first-order chi connectivity index (χ1) is 13.5. The Morgan fingerprint density at radius 2 is 2.07 bits per heavy atom. The molecule has 1 aliphatic carbocycles. The fraction of sp³-hybridized carbons (Fsp3) is 0.474. The summed E-state index contributed by atoms with van der Waals surface area (Å²) in [5.41, 5.74) is 1.62. The zero-order valence-electron chi connectivity index (χ0n) is 15.6. The molecular weight excluding hydrogens is 398 g/mol. The van der Waals surface area contributed by atoms with E-state index < -0.39 is 24.5 Å². The van der Waals surface area contributed by atoms with Gasteiger partial charge in [0, 0.05) is 22.4 Å². The second-order valence-electron chi connectivity index (χ2n) is 6.88. The minimum absolute atomic E-state index is 0.0142. The van der Waals surface area contributed by atoms with Crippen molar-refractivity contribution in [3.8, 4) is 10.6 Å². The van der Waals surface area contributed by atoms with Crippen molar-refractivity contribution in [2.45, 2.75) is 45.1 Å². The molecule has 0 aliphatic heterocycles. The third-order valence-corrected chi connectivity index (χ3v) is 6.31. The van der Waals surface area contributed by atoms with Gasteiger partial charge in [-0.05, 0) is 30.2 Å². The minimum atomic E-state index is -0.647. The molecule has 1 aliphatic rings. The molecule has 2 aromatic rings. The number of ether oxygens (including phenoxy) is 1. The molecule has 0 aromatic carbocycles. The van der Waals surface area contributed by atoms with E-state index in [4.69, 9.17) is 4.74 Å². The normalized spacial score (nSPS) is 19.0. The maximum absolute atomic E-state index is 11.9. The number of amides is 3. The summed E-state index contributed by atoms with van der Waals surface area (Å²) in [6.45, 7) is 1.60. The van der Waals surface area contributed by atoms with Gasteiger partial charge in [0.1, 0.15) is 5.01 Å². The Bertz CT molecular complexity index is 819. The number of rotatable bonds is 6. The molecule has 2 heterocycles. The van der Waals surface area contributed by atoms with Crippen LogP contribution in [0.1, 0.15) is 38.3 Å². The molecule has 0 unspecified atom stereocenters. The number of hydrogen-bond donors (Lipinski definition) is 2. The highest BCUT2D eigenvalue weighted by Gasteiger charge is 2.23. The zero-order chi connectivity index (χ0) is 19.9. The van der Waals surface area contributed by atoms with Crippen molar-refractivity contribution in [3.63, 3.8) is 0 Å². The molecule has 3 rings (SSSR count). The van der Waals surface area contributed by atoms with E-state index >= 15 is 0 Å². The summed E-state index contributed by atoms with van der Waals surface area (Å²) in [5, 5.41) is 11.6. The van der Waals surface area contributed by atoms with Gasteiger partial charge in [0.2, 0.25) is 0 Å². The van der Waals surface area contributed by atoms with Crippen LogP contribution in [0, 0.1) is 5.92 Å². The van der Waals surface area contributed by atoms with Crippen LogP contribution in [0.25, 0.3) is 10.6 Å². The highest BCUT2D eigenvalue weighted by atomic mass is 32.1. The summed E-state index contributed by atoms with van der Waals surface area (Å²) < 4.78 is 4.96. The first-order valence-corrected chi connectivity index (χ1v) is 11.1. The Hall–Kier alpha value is -2.26. The Kier molecular flexibility index (Phi) is 7.16. The van der Waals surface area contributed by atoms with Gasteiger partial charge in [0.05, 0.1) is 12.1 Å². The number of imide groups is 1. The van der Waals surface area contributed by atoms with Crippen LogP contribution in [0.15, 0.2) is 22.2 Å². The molecule has 0 spiro atoms. The van der Waals surface area contributed by atoms with Crippen LogP contribution in [-0.2, 0) is 20.7 Å². The van der Waals surface area contributed by atoms with E-state index in [9.17, 15) is 14.4 Å². The number of thiophene rings is 1. The second-order valence-corrected chi connectivity index (χ2v) is 8.52. The smallest absolute Gasteiger partial charge is 0.321 e. The molecule has 2 atom stereocenters. The summed E-state index contributed by atoms with van der Waals surface area (Å²) in [7, 11) is 0. The molecule has 2 aromatic heterocycles. The lowest BCUT2D eigenvalue weighted by Crippen LogP contribution is -2.48. The number of urea groups is 1. The van der Waals surface area contributed by atoms with Crippen molar-refractivity contribution in [2.75, 3.05) is 6.61 Å². The topological polar surface area (TPSA) is 97.4 Å². The van der Waals surface area contributed by atoms with Crippen molar-refractivity contribution in [1.82, 2.24) is 15.6 Å². The van der Waals surface area contributed by atoms with E-state index in [1.54, 1.807) is 16.7 Å². The number of esters is 1. The lowest BCUT2D eigenvalue weighted by Gasteiger charge is -2.29. The van der Waals surface area contributed by atoms with Gasteiger partial charge in [-0.3, -0.25) is 14.9 Å². The molecule has 150 valence electrons. The summed E-state index contributed by atoms with van der Waals surface area (Å²) >= 11 is 3.04. The van der Waals surface area contributed by atoms with Crippen LogP contribution in [0.4, 0.5) is 4.79 Å². The van der Waals surface area contributed by atoms with Crippen molar-refractivity contribution >= 4 is 40.6 Å². The molecule has 0 bridgehead atoms. The lowest BCUT2D eigenvalue weighted by molar-refractivity contribution is -0.147. The maximum Gasteiger partial charge on any atom is 0.321 e. The predicted molar refractivity (Wildman–Crippen MR) is 108 cm³/mol. The fourth-order valence-electron chi connectivity index (χ4n) is 3.15. The molecule has 2 N–H and O–H groups in total. The van der Waals surface area contributed by atoms with Gasteiger partial charge < -0.3 is 10.1 Å². The highest BCUT2D eigenvalue weighted by molar-refractivity contribution is 7.14. The average molecular weight is 422 g/mol. The Morgan fingerprint density at radius 1 is 1.25 bits per heavy atom. The van der Waals surface area contributed by atoms with Crippen LogP contribution in [-0.4, -0.2) is 35.5 Å². The average Bonchev–Trinajstić information content (AvgIpc) is 3.33. The molecule has 0 radical (unpaired) electrons. The second kappa shape index (κ2) is 9.79. The van der Waals surface area contributed by atoms with Gasteiger partial charge in [0.25, 0.3) is 5.91 Å². The minimum Gasteiger partial charge on any atom is -0.455 e. The van der Waals surface area contributed by atoms with Crippen molar-refractivity contribution < 1.29 is 19.1 Å². The Morgan fingerprint density at radius 3 is 2.82 bits per heavy atom. The summed E-state index contributed by atoms with van der Waals surface area (Å²) in [6.07, 6.45) is 4.22. The van der Waals surface area contributed by atoms with Crippen LogP contribution >= 0.6 is 22.7 Å². The van der Waals surface area contributed by atoms with E-state index in [0.717, 1.165) is 29.8 Å². The number of carbonyl (C=O) groups excluding carboxylic acids is 3. The van der Waals surface area contributed by atoms with Crippen molar-refractivity contribution in [2.24, 2.45) is 5.92 Å². The largest absolute Gasteiger partial charge is 0.455 e. The quantitative estimate of drug-likeness (QED) is 0.697. The third-order valence-electron chi connectivity index (χ3n) is 4.69. The summed E-state index contributed by atoms with van der Waals surface area (Å²) in [5.74, 6) is -0.810. The van der Waals surface area contributed by atoms with E-state index in [1.165, 1.54) is 17.8 Å². The van der Waals surface area contributed by atoms with Gasteiger partial charge in [-0.25, -0.2) is 9.78 Å². The predicted octanol–water partition coefficient (Wildman–Crippen LogP) is 3.36. The summed E-state index contributed by atoms with van der Waals surface area (Å²) in [6, 6.07) is 1.50. The van der Waals surface area contributed by atoms with E-state index in [0.29, 0.717) is 11.6 Å². The van der Waals surface area contributed by atoms with Gasteiger partial charge in [-0.1, -0.05) is 19.8 Å². The third kappa shape index (κ3) is 5.87. The molecule has 1 fully saturated rings. The van der Waals surface area contributed by atoms with Gasteiger partial charge in [0.15, 0.2) is 6.61 Å². The molecule has 28 heavy (non-hydrogen) atoms. The van der Waals surface area contributed by atoms with Gasteiger partial charge >= 0.3 is 12.0 Å². The van der Waals surface area contributed by atoms with Crippen LogP contribution in [0.2, 0.25) is 0 Å². The summed E-state index contributed by atoms with van der Waals surface area (Å²) in [4.78, 5) is 40.1. The first kappa shape index (κ1) is 20.5. The van der Waals surface area contributed by atoms with Crippen LogP contribution in [0.3, 0.4) is 0 Å². The van der Waals surface area contributed by atoms with E-state index in [2.05, 4.69) is 22.5 Å². The number of hydrogen-bond acceptors (Lipinski definition) is 7. The molecule has 0 saturated heterocycles. The van der Waals surface area contributed by atoms with Crippen LogP contribution in [0.5, 0.6) is 0 Å². The first-order valence-electron chi connectivity index (χ1n) is 9.24. The SMILES string of the molecule is C[C@H]1CCCC[C@@H]1NC(=O)NC(=O)COC(=O)Cc1csc(-c2ccsc2)n1. The number of aromatic nitrogens is 1. The van der Waals surface area contributed by atoms with Crippen LogP contribution < -0.4 is 10.6 Å². The van der Waals surface area contributed by atoms with E-state index in [-0.39, 0.29) is 12.5 Å². The lowest BCUT2D eigenvalue weighted by atomic mass is 9.86. The van der Waals surface area contributed by atoms with Crippen molar-refractivity contribution in [1.29, 1.82) is 0 Å². The highest BCUT2D eigenvalue weighted by Crippen LogP contribution is 2.26. The van der Waals surface area contributed by atoms with Crippen molar-refractivity contribution in [3.05, 3.63) is 27.9 Å². The molecule has 9 heteroatoms. The van der Waals surface area contributed by atoms with E-state index in [1.807, 2.05) is 16.8 Å². The number of nitrogens with one attached hydrogen (secondary N) is 2. The molecule has 1 saturated carbocycles. The Balaban J connectivity index is 1.38. The van der Waals surface area contributed by atoms with Gasteiger partial charge in [-0.15, -0.1) is 11.3 Å². The molecule has 7 nitrogen and oxygen atoms in total. The number of thiazole rings is 1. The monoisotopic (exact) mass is 421 g/mol. The number of carbonyl (C=O) groups is 3. The molecule has 3 amide bonds. The molecular formula is C19H23N3O4S2.